The summed E-state index contributed by atoms with van der Waals surface area (Å²) in [4.78, 5) is 22.4. The third kappa shape index (κ3) is 5.77. The van der Waals surface area contributed by atoms with Crippen LogP contribution < -0.4 is 5.32 Å². The third-order valence-electron chi connectivity index (χ3n) is 1.40. The first-order valence-corrected chi connectivity index (χ1v) is 4.58. The molecule has 0 fully saturated rings. The van der Waals surface area contributed by atoms with E-state index in [2.05, 4.69) is 25.1 Å². The predicted octanol–water partition coefficient (Wildman–Crippen LogP) is 0.546. The Morgan fingerprint density at radius 2 is 1.81 bits per heavy atom. The molecule has 16 heavy (non-hydrogen) atoms. The molecule has 0 aromatic rings. The van der Waals surface area contributed by atoms with E-state index in [4.69, 9.17) is 9.47 Å². The Morgan fingerprint density at radius 1 is 1.19 bits per heavy atom. The average molecular weight is 225 g/mol. The predicted molar refractivity (Wildman–Crippen MR) is 59.4 cm³/mol. The lowest BCUT2D eigenvalue weighted by molar-refractivity contribution is -0.159. The van der Waals surface area contributed by atoms with Crippen molar-refractivity contribution >= 4 is 11.9 Å². The monoisotopic (exact) mass is 225 g/mol. The maximum absolute atomic E-state index is 11.4. The average Bonchev–Trinajstić information content (AvgIpc) is 2.30. The Balaban J connectivity index is 4.32. The molecule has 5 nitrogen and oxygen atoms in total. The highest BCUT2D eigenvalue weighted by molar-refractivity contribution is 5.90. The number of rotatable bonds is 8. The van der Waals surface area contributed by atoms with E-state index in [-0.39, 0.29) is 13.2 Å². The zero-order valence-corrected chi connectivity index (χ0v) is 8.98. The molecule has 1 N–H and O–H groups in total. The second-order valence-corrected chi connectivity index (χ2v) is 2.63. The number of ether oxygens (including phenoxy) is 2. The van der Waals surface area contributed by atoms with Crippen LogP contribution in [0.3, 0.4) is 0 Å². The summed E-state index contributed by atoms with van der Waals surface area (Å²) < 4.78 is 9.75. The number of amides is 1. The van der Waals surface area contributed by atoms with Gasteiger partial charge in [0.15, 0.2) is 0 Å². The van der Waals surface area contributed by atoms with Gasteiger partial charge in [0.2, 0.25) is 12.1 Å². The molecule has 88 valence electrons. The molecule has 1 atom stereocenters. The SMILES string of the molecule is C=CCOC(=O)C(NC(=O)C=C)OCC=C. The zero-order valence-electron chi connectivity index (χ0n) is 8.98. The molecule has 0 aliphatic heterocycles. The van der Waals surface area contributed by atoms with Gasteiger partial charge in [0.05, 0.1) is 6.61 Å². The maximum atomic E-state index is 11.4. The Bertz CT molecular complexity index is 286. The number of esters is 1. The van der Waals surface area contributed by atoms with Crippen LogP contribution in [-0.2, 0) is 19.1 Å². The van der Waals surface area contributed by atoms with Gasteiger partial charge in [-0.05, 0) is 6.08 Å². The summed E-state index contributed by atoms with van der Waals surface area (Å²) in [5.74, 6) is -1.22. The van der Waals surface area contributed by atoms with Crippen molar-refractivity contribution in [1.82, 2.24) is 5.32 Å². The second-order valence-electron chi connectivity index (χ2n) is 2.63. The third-order valence-corrected chi connectivity index (χ3v) is 1.40. The molecule has 1 unspecified atom stereocenters. The van der Waals surface area contributed by atoms with Crippen molar-refractivity contribution in [2.45, 2.75) is 6.23 Å². The number of carbonyl (C=O) groups excluding carboxylic acids is 2. The lowest BCUT2D eigenvalue weighted by Crippen LogP contribution is -2.43. The minimum Gasteiger partial charge on any atom is -0.458 e. The van der Waals surface area contributed by atoms with Gasteiger partial charge in [-0.2, -0.15) is 0 Å². The molecule has 1 amide bonds. The molecule has 0 aliphatic rings. The smallest absolute Gasteiger partial charge is 0.356 e. The standard InChI is InChI=1S/C11H15NO4/c1-4-7-15-10(12-9(13)6-3)11(14)16-8-5-2/h4-6,10H,1-3,7-8H2,(H,12,13). The molecule has 0 saturated carbocycles. The number of hydrogen-bond acceptors (Lipinski definition) is 4. The fourth-order valence-electron chi connectivity index (χ4n) is 0.738. The Labute approximate surface area is 94.4 Å². The number of hydrogen-bond donors (Lipinski definition) is 1. The molecule has 0 bridgehead atoms. The summed E-state index contributed by atoms with van der Waals surface area (Å²) in [6.45, 7) is 10.2. The Hall–Kier alpha value is -1.88. The van der Waals surface area contributed by atoms with Crippen LogP contribution in [0.4, 0.5) is 0 Å². The van der Waals surface area contributed by atoms with Crippen molar-refractivity contribution < 1.29 is 19.1 Å². The highest BCUT2D eigenvalue weighted by Gasteiger charge is 2.21. The van der Waals surface area contributed by atoms with Crippen LogP contribution in [0.15, 0.2) is 38.0 Å². The summed E-state index contributed by atoms with van der Waals surface area (Å²) in [5.41, 5.74) is 0. The summed E-state index contributed by atoms with van der Waals surface area (Å²) in [6.07, 6.45) is 2.74. The molecule has 0 spiro atoms. The van der Waals surface area contributed by atoms with E-state index in [0.29, 0.717) is 0 Å². The van der Waals surface area contributed by atoms with Gasteiger partial charge in [0.25, 0.3) is 0 Å². The van der Waals surface area contributed by atoms with E-state index in [0.717, 1.165) is 6.08 Å². The van der Waals surface area contributed by atoms with Gasteiger partial charge in [0.1, 0.15) is 6.61 Å². The molecule has 0 aromatic carbocycles. The lowest BCUT2D eigenvalue weighted by atomic mass is 10.5. The lowest BCUT2D eigenvalue weighted by Gasteiger charge is -2.15. The van der Waals surface area contributed by atoms with E-state index in [1.54, 1.807) is 0 Å². The van der Waals surface area contributed by atoms with Crippen molar-refractivity contribution in [3.8, 4) is 0 Å². The Morgan fingerprint density at radius 3 is 2.31 bits per heavy atom. The van der Waals surface area contributed by atoms with Crippen molar-refractivity contribution in [3.63, 3.8) is 0 Å². The molecule has 0 aromatic heterocycles. The quantitative estimate of drug-likeness (QED) is 0.283. The summed E-state index contributed by atoms with van der Waals surface area (Å²) >= 11 is 0. The van der Waals surface area contributed by atoms with Gasteiger partial charge in [-0.15, -0.1) is 6.58 Å². The topological polar surface area (TPSA) is 64.6 Å². The van der Waals surface area contributed by atoms with E-state index in [1.165, 1.54) is 12.2 Å². The van der Waals surface area contributed by atoms with Gasteiger partial charge in [-0.25, -0.2) is 4.79 Å². The minimum absolute atomic E-state index is 0.0523. The first kappa shape index (κ1) is 14.1. The fraction of sp³-hybridized carbons (Fsp3) is 0.273. The van der Waals surface area contributed by atoms with Crippen LogP contribution in [-0.4, -0.2) is 31.3 Å². The molecule has 0 saturated heterocycles. The molecule has 0 aliphatic carbocycles. The molecule has 0 heterocycles. The van der Waals surface area contributed by atoms with Crippen molar-refractivity contribution in [1.29, 1.82) is 0 Å². The number of carbonyl (C=O) groups is 2. The summed E-state index contributed by atoms with van der Waals surface area (Å²) in [7, 11) is 0. The largest absolute Gasteiger partial charge is 0.458 e. The van der Waals surface area contributed by atoms with E-state index < -0.39 is 18.1 Å². The molecular weight excluding hydrogens is 210 g/mol. The normalized spacial score (nSPS) is 11.0. The Kier molecular flexibility index (Phi) is 7.44. The first-order chi connectivity index (χ1) is 7.65. The molecule has 5 heteroatoms. The zero-order chi connectivity index (χ0) is 12.4. The highest BCUT2D eigenvalue weighted by atomic mass is 16.6. The van der Waals surface area contributed by atoms with Crippen LogP contribution in [0.1, 0.15) is 0 Å². The van der Waals surface area contributed by atoms with Gasteiger partial charge in [0, 0.05) is 0 Å². The van der Waals surface area contributed by atoms with Gasteiger partial charge >= 0.3 is 5.97 Å². The first-order valence-electron chi connectivity index (χ1n) is 4.58. The van der Waals surface area contributed by atoms with Crippen molar-refractivity contribution in [2.24, 2.45) is 0 Å². The molecular formula is C11H15NO4. The van der Waals surface area contributed by atoms with Crippen LogP contribution in [0, 0.1) is 0 Å². The fourth-order valence-corrected chi connectivity index (χ4v) is 0.738. The van der Waals surface area contributed by atoms with E-state index >= 15 is 0 Å². The minimum atomic E-state index is -1.16. The van der Waals surface area contributed by atoms with Crippen LogP contribution in [0.25, 0.3) is 0 Å². The maximum Gasteiger partial charge on any atom is 0.356 e. The van der Waals surface area contributed by atoms with Gasteiger partial charge < -0.3 is 14.8 Å². The summed E-state index contributed by atoms with van der Waals surface area (Å²) in [5, 5.41) is 2.27. The van der Waals surface area contributed by atoms with Crippen LogP contribution in [0.5, 0.6) is 0 Å². The van der Waals surface area contributed by atoms with Crippen LogP contribution >= 0.6 is 0 Å². The number of nitrogens with one attached hydrogen (secondary N) is 1. The van der Waals surface area contributed by atoms with Gasteiger partial charge in [-0.1, -0.05) is 25.3 Å². The molecule has 0 rings (SSSR count). The van der Waals surface area contributed by atoms with Gasteiger partial charge in [-0.3, -0.25) is 4.79 Å². The van der Waals surface area contributed by atoms with Crippen LogP contribution in [0.2, 0.25) is 0 Å². The van der Waals surface area contributed by atoms with Crippen molar-refractivity contribution in [2.75, 3.05) is 13.2 Å². The van der Waals surface area contributed by atoms with E-state index in [1.807, 2.05) is 0 Å². The molecule has 0 radical (unpaired) electrons. The van der Waals surface area contributed by atoms with Crippen molar-refractivity contribution in [3.05, 3.63) is 38.0 Å². The van der Waals surface area contributed by atoms with E-state index in [9.17, 15) is 9.59 Å². The second kappa shape index (κ2) is 8.43. The summed E-state index contributed by atoms with van der Waals surface area (Å²) in [6, 6.07) is 0. The highest BCUT2D eigenvalue weighted by Crippen LogP contribution is 1.94.